The summed E-state index contributed by atoms with van der Waals surface area (Å²) in [7, 11) is 0. The van der Waals surface area contributed by atoms with Crippen LogP contribution in [0.4, 0.5) is 17.6 Å². The van der Waals surface area contributed by atoms with E-state index in [0.29, 0.717) is 25.9 Å². The number of piperidine rings is 1. The summed E-state index contributed by atoms with van der Waals surface area (Å²) in [5.41, 5.74) is -0.593. The van der Waals surface area contributed by atoms with Crippen LogP contribution in [0.25, 0.3) is 5.57 Å². The van der Waals surface area contributed by atoms with Crippen LogP contribution < -0.4 is 0 Å². The Labute approximate surface area is 172 Å². The van der Waals surface area contributed by atoms with E-state index in [1.54, 1.807) is 12.1 Å². The molecule has 0 bridgehead atoms. The number of rotatable bonds is 6. The average Bonchev–Trinajstić information content (AvgIpc) is 2.72. The Morgan fingerprint density at radius 3 is 2.43 bits per heavy atom. The molecule has 7 heteroatoms. The van der Waals surface area contributed by atoms with Crippen molar-refractivity contribution in [1.82, 2.24) is 4.90 Å². The minimum absolute atomic E-state index is 0.0721. The SMILES string of the molecule is O=C(O)[C@@H]1CCCN(CC/C=C(\c2ccccc2F)c2ccccc2C(F)(F)F)C1. The lowest BCUT2D eigenvalue weighted by Crippen LogP contribution is -2.39. The highest BCUT2D eigenvalue weighted by molar-refractivity contribution is 5.82. The van der Waals surface area contributed by atoms with Crippen molar-refractivity contribution in [3.8, 4) is 0 Å². The maximum atomic E-state index is 14.5. The Kier molecular flexibility index (Phi) is 6.92. The Balaban J connectivity index is 1.90. The first-order valence-electron chi connectivity index (χ1n) is 9.84. The number of likely N-dealkylation sites (tertiary alicyclic amines) is 1. The van der Waals surface area contributed by atoms with Gasteiger partial charge < -0.3 is 10.0 Å². The first kappa shape index (κ1) is 22.0. The normalized spacial score (nSPS) is 18.4. The van der Waals surface area contributed by atoms with Gasteiger partial charge in [0.05, 0.1) is 11.5 Å². The number of nitrogens with zero attached hydrogens (tertiary/aromatic N) is 1. The molecule has 0 aromatic heterocycles. The second-order valence-electron chi connectivity index (χ2n) is 7.41. The van der Waals surface area contributed by atoms with Gasteiger partial charge in [-0.15, -0.1) is 0 Å². The molecule has 0 amide bonds. The molecule has 1 heterocycles. The highest BCUT2D eigenvalue weighted by atomic mass is 19.4. The van der Waals surface area contributed by atoms with Gasteiger partial charge in [0.15, 0.2) is 0 Å². The first-order chi connectivity index (χ1) is 14.3. The first-order valence-corrected chi connectivity index (χ1v) is 9.84. The van der Waals surface area contributed by atoms with E-state index in [1.807, 2.05) is 4.90 Å². The largest absolute Gasteiger partial charge is 0.481 e. The molecule has 0 saturated carbocycles. The van der Waals surface area contributed by atoms with Crippen LogP contribution in [0.5, 0.6) is 0 Å². The molecule has 1 N–H and O–H groups in total. The second-order valence-corrected chi connectivity index (χ2v) is 7.41. The van der Waals surface area contributed by atoms with E-state index in [2.05, 4.69) is 0 Å². The lowest BCUT2D eigenvalue weighted by atomic mass is 9.92. The topological polar surface area (TPSA) is 40.5 Å². The number of hydrogen-bond acceptors (Lipinski definition) is 2. The quantitative estimate of drug-likeness (QED) is 0.630. The predicted molar refractivity (Wildman–Crippen MR) is 106 cm³/mol. The summed E-state index contributed by atoms with van der Waals surface area (Å²) in [6.07, 6.45) is -1.18. The molecule has 3 rings (SSSR count). The van der Waals surface area contributed by atoms with E-state index in [9.17, 15) is 27.5 Å². The number of carbonyl (C=O) groups is 1. The zero-order valence-electron chi connectivity index (χ0n) is 16.3. The van der Waals surface area contributed by atoms with Gasteiger partial charge in [0.1, 0.15) is 5.82 Å². The fraction of sp³-hybridized carbons (Fsp3) is 0.348. The number of carboxylic acid groups (broad SMARTS) is 1. The molecule has 1 atom stereocenters. The van der Waals surface area contributed by atoms with Crippen LogP contribution in [0.15, 0.2) is 54.6 Å². The predicted octanol–water partition coefficient (Wildman–Crippen LogP) is 5.46. The van der Waals surface area contributed by atoms with Crippen LogP contribution in [0.1, 0.15) is 36.0 Å². The van der Waals surface area contributed by atoms with Gasteiger partial charge in [0.25, 0.3) is 0 Å². The Bertz CT molecular complexity index is 923. The molecule has 160 valence electrons. The molecule has 1 aliphatic rings. The summed E-state index contributed by atoms with van der Waals surface area (Å²) in [5.74, 6) is -1.86. The number of aliphatic carboxylic acids is 1. The Morgan fingerprint density at radius 1 is 1.10 bits per heavy atom. The molecule has 2 aromatic rings. The molecule has 2 aromatic carbocycles. The molecule has 1 saturated heterocycles. The number of alkyl halides is 3. The molecule has 3 nitrogen and oxygen atoms in total. The standard InChI is InChI=1S/C23H23F4NO2/c24-21-12-4-2-9-19(21)17(18-8-1-3-11-20(18)23(25,26)27)10-6-14-28-13-5-7-16(15-28)22(29)30/h1-4,8-12,16H,5-7,13-15H2,(H,29,30)/b17-10-/t16-/m1/s1. The van der Waals surface area contributed by atoms with Crippen molar-refractivity contribution in [2.75, 3.05) is 19.6 Å². The maximum Gasteiger partial charge on any atom is 0.417 e. The van der Waals surface area contributed by atoms with Gasteiger partial charge in [-0.1, -0.05) is 42.5 Å². The van der Waals surface area contributed by atoms with E-state index in [0.717, 1.165) is 19.0 Å². The summed E-state index contributed by atoms with van der Waals surface area (Å²) in [4.78, 5) is 13.2. The van der Waals surface area contributed by atoms with E-state index in [1.165, 1.54) is 36.4 Å². The molecule has 30 heavy (non-hydrogen) atoms. The van der Waals surface area contributed by atoms with Crippen molar-refractivity contribution in [3.05, 3.63) is 77.1 Å². The van der Waals surface area contributed by atoms with Gasteiger partial charge in [0, 0.05) is 18.7 Å². The molecular formula is C23H23F4NO2. The zero-order chi connectivity index (χ0) is 21.7. The minimum Gasteiger partial charge on any atom is -0.481 e. The molecule has 1 aliphatic heterocycles. The van der Waals surface area contributed by atoms with Crippen molar-refractivity contribution in [2.24, 2.45) is 5.92 Å². The van der Waals surface area contributed by atoms with Gasteiger partial charge in [-0.25, -0.2) is 4.39 Å². The Hall–Kier alpha value is -2.67. The monoisotopic (exact) mass is 421 g/mol. The van der Waals surface area contributed by atoms with Gasteiger partial charge in [-0.05, 0) is 49.1 Å². The summed E-state index contributed by atoms with van der Waals surface area (Å²) in [5, 5.41) is 9.22. The average molecular weight is 421 g/mol. The van der Waals surface area contributed by atoms with Crippen molar-refractivity contribution in [1.29, 1.82) is 0 Å². The number of halogens is 4. The smallest absolute Gasteiger partial charge is 0.417 e. The fourth-order valence-electron chi connectivity index (χ4n) is 3.86. The highest BCUT2D eigenvalue weighted by Gasteiger charge is 2.34. The molecule has 0 aliphatic carbocycles. The van der Waals surface area contributed by atoms with Gasteiger partial charge in [-0.3, -0.25) is 4.79 Å². The van der Waals surface area contributed by atoms with Crippen molar-refractivity contribution in [2.45, 2.75) is 25.4 Å². The Morgan fingerprint density at radius 2 is 1.77 bits per heavy atom. The van der Waals surface area contributed by atoms with E-state index in [4.69, 9.17) is 0 Å². The van der Waals surface area contributed by atoms with E-state index >= 15 is 0 Å². The summed E-state index contributed by atoms with van der Waals surface area (Å²) >= 11 is 0. The lowest BCUT2D eigenvalue weighted by Gasteiger charge is -2.30. The summed E-state index contributed by atoms with van der Waals surface area (Å²) in [6.45, 7) is 1.65. The fourth-order valence-corrected chi connectivity index (χ4v) is 3.86. The van der Waals surface area contributed by atoms with Crippen LogP contribution in [0.3, 0.4) is 0 Å². The van der Waals surface area contributed by atoms with E-state index in [-0.39, 0.29) is 16.7 Å². The lowest BCUT2D eigenvalue weighted by molar-refractivity contribution is -0.143. The minimum atomic E-state index is -4.57. The third kappa shape index (κ3) is 5.27. The van der Waals surface area contributed by atoms with Crippen molar-refractivity contribution >= 4 is 11.5 Å². The zero-order valence-corrected chi connectivity index (χ0v) is 16.3. The van der Waals surface area contributed by atoms with Gasteiger partial charge in [0.2, 0.25) is 0 Å². The van der Waals surface area contributed by atoms with E-state index < -0.39 is 29.4 Å². The van der Waals surface area contributed by atoms with Gasteiger partial charge in [-0.2, -0.15) is 13.2 Å². The molecule has 0 unspecified atom stereocenters. The number of benzene rings is 2. The summed E-state index contributed by atoms with van der Waals surface area (Å²) in [6, 6.07) is 10.9. The summed E-state index contributed by atoms with van der Waals surface area (Å²) < 4.78 is 55.2. The third-order valence-electron chi connectivity index (χ3n) is 5.34. The van der Waals surface area contributed by atoms with Gasteiger partial charge >= 0.3 is 12.1 Å². The third-order valence-corrected chi connectivity index (χ3v) is 5.34. The van der Waals surface area contributed by atoms with Crippen LogP contribution >= 0.6 is 0 Å². The van der Waals surface area contributed by atoms with Crippen LogP contribution in [0.2, 0.25) is 0 Å². The molecule has 0 radical (unpaired) electrons. The molecule has 1 fully saturated rings. The second kappa shape index (κ2) is 9.43. The number of hydrogen-bond donors (Lipinski definition) is 1. The van der Waals surface area contributed by atoms with Crippen LogP contribution in [0, 0.1) is 11.7 Å². The highest BCUT2D eigenvalue weighted by Crippen LogP contribution is 2.37. The van der Waals surface area contributed by atoms with Crippen LogP contribution in [-0.4, -0.2) is 35.6 Å². The molecule has 0 spiro atoms. The van der Waals surface area contributed by atoms with Crippen molar-refractivity contribution in [3.63, 3.8) is 0 Å². The van der Waals surface area contributed by atoms with Crippen molar-refractivity contribution < 1.29 is 27.5 Å². The number of carboxylic acids is 1. The molecular weight excluding hydrogens is 398 g/mol. The maximum absolute atomic E-state index is 14.5. The van der Waals surface area contributed by atoms with Crippen LogP contribution in [-0.2, 0) is 11.0 Å².